The number of ether oxygens (including phenoxy) is 1. The normalized spacial score (nSPS) is 10.1. The van der Waals surface area contributed by atoms with E-state index in [0.717, 1.165) is 5.75 Å². The van der Waals surface area contributed by atoms with Crippen molar-refractivity contribution in [2.45, 2.75) is 4.90 Å². The van der Waals surface area contributed by atoms with E-state index in [0.29, 0.717) is 23.5 Å². The van der Waals surface area contributed by atoms with E-state index in [2.05, 4.69) is 5.32 Å². The monoisotopic (exact) mass is 302 g/mol. The first-order chi connectivity index (χ1) is 10.2. The van der Waals surface area contributed by atoms with E-state index in [9.17, 15) is 4.79 Å². The molecule has 0 aliphatic carbocycles. The fraction of sp³-hybridized carbons (Fsp3) is 0.188. The van der Waals surface area contributed by atoms with Gasteiger partial charge >= 0.3 is 0 Å². The van der Waals surface area contributed by atoms with Crippen molar-refractivity contribution < 1.29 is 9.53 Å². The smallest absolute Gasteiger partial charge is 0.257 e. The second-order valence-electron chi connectivity index (χ2n) is 4.34. The van der Waals surface area contributed by atoms with Crippen molar-refractivity contribution in [3.05, 3.63) is 54.1 Å². The van der Waals surface area contributed by atoms with Crippen LogP contribution >= 0.6 is 11.8 Å². The number of anilines is 1. The lowest BCUT2D eigenvalue weighted by atomic mass is 10.1. The van der Waals surface area contributed by atoms with Crippen LogP contribution < -0.4 is 15.8 Å². The molecule has 0 aliphatic rings. The van der Waals surface area contributed by atoms with Crippen LogP contribution in [0.3, 0.4) is 0 Å². The Hall–Kier alpha value is -2.14. The fourth-order valence-electron chi connectivity index (χ4n) is 1.90. The lowest BCUT2D eigenvalue weighted by Crippen LogP contribution is -2.27. The molecule has 0 atom stereocenters. The molecule has 0 spiro atoms. The molecule has 2 aromatic carbocycles. The number of nitrogens with two attached hydrogens (primary N) is 1. The summed E-state index contributed by atoms with van der Waals surface area (Å²) >= 11 is 1.69. The summed E-state index contributed by atoms with van der Waals surface area (Å²) in [7, 11) is 1.52. The molecule has 0 unspecified atom stereocenters. The number of hydrogen-bond donors (Lipinski definition) is 2. The van der Waals surface area contributed by atoms with Crippen LogP contribution in [-0.4, -0.2) is 25.3 Å². The van der Waals surface area contributed by atoms with Gasteiger partial charge in [0.2, 0.25) is 0 Å². The summed E-state index contributed by atoms with van der Waals surface area (Å²) in [5.74, 6) is 1.08. The van der Waals surface area contributed by atoms with E-state index in [1.165, 1.54) is 12.0 Å². The third kappa shape index (κ3) is 4.16. The molecule has 0 saturated heterocycles. The molecular weight excluding hydrogens is 284 g/mol. The van der Waals surface area contributed by atoms with Crippen LogP contribution in [-0.2, 0) is 0 Å². The number of benzene rings is 2. The predicted molar refractivity (Wildman–Crippen MR) is 86.9 cm³/mol. The van der Waals surface area contributed by atoms with Crippen molar-refractivity contribution in [3.8, 4) is 5.75 Å². The average Bonchev–Trinajstić information content (AvgIpc) is 2.52. The molecule has 0 fully saturated rings. The van der Waals surface area contributed by atoms with Gasteiger partial charge in [-0.2, -0.15) is 0 Å². The lowest BCUT2D eigenvalue weighted by Gasteiger charge is -2.11. The average molecular weight is 302 g/mol. The molecule has 2 aromatic rings. The second kappa shape index (κ2) is 7.59. The minimum absolute atomic E-state index is 0.210. The van der Waals surface area contributed by atoms with Gasteiger partial charge < -0.3 is 15.8 Å². The van der Waals surface area contributed by atoms with Gasteiger partial charge in [-0.3, -0.25) is 4.79 Å². The van der Waals surface area contributed by atoms with Gasteiger partial charge in [0.15, 0.2) is 0 Å². The lowest BCUT2D eigenvalue weighted by molar-refractivity contribution is 0.0954. The van der Waals surface area contributed by atoms with Gasteiger partial charge in [0, 0.05) is 22.9 Å². The zero-order valence-corrected chi connectivity index (χ0v) is 12.7. The number of carbonyl (C=O) groups is 1. The molecule has 0 bridgehead atoms. The van der Waals surface area contributed by atoms with Gasteiger partial charge in [-0.1, -0.05) is 24.3 Å². The Morgan fingerprint density at radius 1 is 1.19 bits per heavy atom. The largest absolute Gasteiger partial charge is 0.496 e. The van der Waals surface area contributed by atoms with Gasteiger partial charge in [0.1, 0.15) is 11.3 Å². The van der Waals surface area contributed by atoms with Crippen LogP contribution in [0.2, 0.25) is 0 Å². The number of nitrogen functional groups attached to an aromatic ring is 1. The maximum Gasteiger partial charge on any atom is 0.257 e. The highest BCUT2D eigenvalue weighted by Gasteiger charge is 2.14. The number of hydrogen-bond acceptors (Lipinski definition) is 4. The highest BCUT2D eigenvalue weighted by molar-refractivity contribution is 7.99. The minimum Gasteiger partial charge on any atom is -0.496 e. The first-order valence-electron chi connectivity index (χ1n) is 6.61. The molecule has 3 N–H and O–H groups in total. The zero-order valence-electron chi connectivity index (χ0n) is 11.8. The topological polar surface area (TPSA) is 64.3 Å². The zero-order chi connectivity index (χ0) is 15.1. The first-order valence-corrected chi connectivity index (χ1v) is 7.59. The Kier molecular flexibility index (Phi) is 5.51. The Morgan fingerprint density at radius 3 is 2.67 bits per heavy atom. The van der Waals surface area contributed by atoms with Gasteiger partial charge in [0.05, 0.1) is 7.11 Å². The third-order valence-electron chi connectivity index (χ3n) is 2.90. The highest BCUT2D eigenvalue weighted by atomic mass is 32.2. The minimum atomic E-state index is -0.210. The molecule has 1 amide bonds. The summed E-state index contributed by atoms with van der Waals surface area (Å²) in [6.07, 6.45) is 0. The third-order valence-corrected chi connectivity index (χ3v) is 3.92. The molecule has 2 rings (SSSR count). The number of thioether (sulfide) groups is 1. The SMILES string of the molecule is COc1cccc(N)c1C(=O)NCCSc1ccccc1. The Bertz CT molecular complexity index is 602. The standard InChI is InChI=1S/C16H18N2O2S/c1-20-14-9-5-8-13(17)15(14)16(19)18-10-11-21-12-6-3-2-4-7-12/h2-9H,10-11,17H2,1H3,(H,18,19). The van der Waals surface area contributed by atoms with E-state index >= 15 is 0 Å². The molecule has 0 heterocycles. The Morgan fingerprint density at radius 2 is 1.95 bits per heavy atom. The number of rotatable bonds is 6. The molecule has 5 heteroatoms. The van der Waals surface area contributed by atoms with Crippen LogP contribution in [0, 0.1) is 0 Å². The molecule has 4 nitrogen and oxygen atoms in total. The predicted octanol–water partition coefficient (Wildman–Crippen LogP) is 2.80. The fourth-order valence-corrected chi connectivity index (χ4v) is 2.69. The van der Waals surface area contributed by atoms with Crippen molar-refractivity contribution >= 4 is 23.4 Å². The number of nitrogens with one attached hydrogen (secondary N) is 1. The van der Waals surface area contributed by atoms with Crippen molar-refractivity contribution in [2.75, 3.05) is 25.1 Å². The van der Waals surface area contributed by atoms with Crippen LogP contribution in [0.4, 0.5) is 5.69 Å². The molecule has 0 aromatic heterocycles. The van der Waals surface area contributed by atoms with Crippen molar-refractivity contribution in [3.63, 3.8) is 0 Å². The van der Waals surface area contributed by atoms with E-state index in [-0.39, 0.29) is 5.91 Å². The summed E-state index contributed by atoms with van der Waals surface area (Å²) in [6.45, 7) is 0.565. The van der Waals surface area contributed by atoms with Crippen molar-refractivity contribution in [2.24, 2.45) is 0 Å². The maximum absolute atomic E-state index is 12.2. The first kappa shape index (κ1) is 15.3. The van der Waals surface area contributed by atoms with Crippen LogP contribution in [0.15, 0.2) is 53.4 Å². The second-order valence-corrected chi connectivity index (χ2v) is 5.51. The summed E-state index contributed by atoms with van der Waals surface area (Å²) in [5.41, 5.74) is 6.66. The quantitative estimate of drug-likeness (QED) is 0.489. The Labute approximate surface area is 128 Å². The van der Waals surface area contributed by atoms with Crippen molar-refractivity contribution in [1.29, 1.82) is 0 Å². The van der Waals surface area contributed by atoms with Crippen LogP contribution in [0.1, 0.15) is 10.4 Å². The van der Waals surface area contributed by atoms with Gasteiger partial charge in [0.25, 0.3) is 5.91 Å². The molecule has 0 aliphatic heterocycles. The van der Waals surface area contributed by atoms with Crippen molar-refractivity contribution in [1.82, 2.24) is 5.32 Å². The van der Waals surface area contributed by atoms with E-state index in [4.69, 9.17) is 10.5 Å². The molecular formula is C16H18N2O2S. The van der Waals surface area contributed by atoms with Gasteiger partial charge in [-0.25, -0.2) is 0 Å². The highest BCUT2D eigenvalue weighted by Crippen LogP contribution is 2.23. The van der Waals surface area contributed by atoms with Gasteiger partial charge in [-0.15, -0.1) is 11.8 Å². The summed E-state index contributed by atoms with van der Waals surface area (Å²) in [5, 5.41) is 2.86. The van der Waals surface area contributed by atoms with Crippen LogP contribution in [0.5, 0.6) is 5.75 Å². The molecule has 110 valence electrons. The number of carbonyl (C=O) groups excluding carboxylic acids is 1. The summed E-state index contributed by atoms with van der Waals surface area (Å²) in [4.78, 5) is 13.4. The van der Waals surface area contributed by atoms with Crippen LogP contribution in [0.25, 0.3) is 0 Å². The maximum atomic E-state index is 12.2. The molecule has 21 heavy (non-hydrogen) atoms. The summed E-state index contributed by atoms with van der Waals surface area (Å²) in [6, 6.07) is 15.2. The summed E-state index contributed by atoms with van der Waals surface area (Å²) < 4.78 is 5.18. The number of amides is 1. The number of methoxy groups -OCH3 is 1. The Balaban J connectivity index is 1.88. The van der Waals surface area contributed by atoms with E-state index in [1.807, 2.05) is 30.3 Å². The molecule has 0 radical (unpaired) electrons. The van der Waals surface area contributed by atoms with E-state index in [1.54, 1.807) is 30.0 Å². The molecule has 0 saturated carbocycles. The van der Waals surface area contributed by atoms with Gasteiger partial charge in [-0.05, 0) is 24.3 Å². The van der Waals surface area contributed by atoms with E-state index < -0.39 is 0 Å².